The lowest BCUT2D eigenvalue weighted by atomic mass is 10.1. The van der Waals surface area contributed by atoms with E-state index in [1.54, 1.807) is 18.2 Å². The average molecular weight is 371 g/mol. The fourth-order valence-electron chi connectivity index (χ4n) is 1.98. The number of amides is 1. The van der Waals surface area contributed by atoms with Gasteiger partial charge >= 0.3 is 0 Å². The topological polar surface area (TPSA) is 62.1 Å². The maximum atomic E-state index is 12.3. The first-order valence-electron chi connectivity index (χ1n) is 6.87. The predicted octanol–water partition coefficient (Wildman–Crippen LogP) is 4.31. The number of benzene rings is 2. The van der Waals surface area contributed by atoms with E-state index >= 15 is 0 Å². The molecule has 0 saturated heterocycles. The molecule has 4 nitrogen and oxygen atoms in total. The molecule has 116 valence electrons. The molecule has 2 aromatic carbocycles. The van der Waals surface area contributed by atoms with Crippen molar-refractivity contribution in [1.29, 1.82) is 5.26 Å². The molecule has 0 aliphatic rings. The number of nitrogens with zero attached hydrogens (tertiary/aromatic N) is 1. The number of nitriles is 1. The fraction of sp³-hybridized carbons (Fsp3) is 0.111. The van der Waals surface area contributed by atoms with Gasteiger partial charge in [-0.3, -0.25) is 4.79 Å². The fourth-order valence-corrected chi connectivity index (χ4v) is 2.25. The van der Waals surface area contributed by atoms with Crippen LogP contribution in [0.4, 0.5) is 5.69 Å². The Morgan fingerprint density at radius 1 is 1.26 bits per heavy atom. The maximum absolute atomic E-state index is 12.3. The number of anilines is 1. The van der Waals surface area contributed by atoms with Gasteiger partial charge in [0, 0.05) is 4.47 Å². The molecule has 0 aliphatic carbocycles. The van der Waals surface area contributed by atoms with Gasteiger partial charge in [-0.2, -0.15) is 5.26 Å². The molecule has 0 radical (unpaired) electrons. The molecular weight excluding hydrogens is 356 g/mol. The largest absolute Gasteiger partial charge is 0.495 e. The Morgan fingerprint density at radius 2 is 1.96 bits per heavy atom. The van der Waals surface area contributed by atoms with Crippen LogP contribution in [0.3, 0.4) is 0 Å². The normalized spacial score (nSPS) is 10.8. The molecule has 0 aromatic heterocycles. The van der Waals surface area contributed by atoms with E-state index in [-0.39, 0.29) is 5.57 Å². The van der Waals surface area contributed by atoms with Crippen molar-refractivity contribution in [1.82, 2.24) is 0 Å². The van der Waals surface area contributed by atoms with E-state index in [9.17, 15) is 10.1 Å². The third kappa shape index (κ3) is 4.44. The lowest BCUT2D eigenvalue weighted by Crippen LogP contribution is -2.14. The van der Waals surface area contributed by atoms with Crippen LogP contribution >= 0.6 is 15.9 Å². The Bertz CT molecular complexity index is 790. The number of carbonyl (C=O) groups excluding carboxylic acids is 1. The van der Waals surface area contributed by atoms with Crippen molar-refractivity contribution in [2.24, 2.45) is 0 Å². The summed E-state index contributed by atoms with van der Waals surface area (Å²) in [4.78, 5) is 12.3. The highest BCUT2D eigenvalue weighted by Gasteiger charge is 2.12. The van der Waals surface area contributed by atoms with Crippen LogP contribution in [0.1, 0.15) is 11.1 Å². The van der Waals surface area contributed by atoms with Crippen molar-refractivity contribution in [3.8, 4) is 11.8 Å². The van der Waals surface area contributed by atoms with Crippen molar-refractivity contribution in [2.45, 2.75) is 6.92 Å². The molecule has 0 aliphatic heterocycles. The molecular formula is C18H15BrN2O2. The Labute approximate surface area is 143 Å². The number of rotatable bonds is 4. The Kier molecular flexibility index (Phi) is 5.56. The van der Waals surface area contributed by atoms with E-state index in [1.165, 1.54) is 7.11 Å². The van der Waals surface area contributed by atoms with Gasteiger partial charge in [-0.25, -0.2) is 0 Å². The predicted molar refractivity (Wildman–Crippen MR) is 94.1 cm³/mol. The lowest BCUT2D eigenvalue weighted by molar-refractivity contribution is -0.112. The molecule has 0 spiro atoms. The minimum Gasteiger partial charge on any atom is -0.495 e. The van der Waals surface area contributed by atoms with Crippen molar-refractivity contribution < 1.29 is 9.53 Å². The van der Waals surface area contributed by atoms with E-state index < -0.39 is 5.91 Å². The van der Waals surface area contributed by atoms with Crippen LogP contribution in [0.25, 0.3) is 6.08 Å². The van der Waals surface area contributed by atoms with Gasteiger partial charge in [0.15, 0.2) is 0 Å². The van der Waals surface area contributed by atoms with Crippen molar-refractivity contribution in [3.05, 3.63) is 63.6 Å². The molecule has 2 rings (SSSR count). The number of carbonyl (C=O) groups is 1. The van der Waals surface area contributed by atoms with Crippen LogP contribution in [0.2, 0.25) is 0 Å². The zero-order chi connectivity index (χ0) is 16.8. The van der Waals surface area contributed by atoms with Crippen LogP contribution in [0.15, 0.2) is 52.5 Å². The molecule has 0 saturated carbocycles. The highest BCUT2D eigenvalue weighted by atomic mass is 79.9. The average Bonchev–Trinajstić information content (AvgIpc) is 2.54. The molecule has 0 unspecified atom stereocenters. The van der Waals surface area contributed by atoms with E-state index in [0.29, 0.717) is 11.4 Å². The van der Waals surface area contributed by atoms with Gasteiger partial charge in [0.1, 0.15) is 17.4 Å². The van der Waals surface area contributed by atoms with Gasteiger partial charge in [-0.15, -0.1) is 0 Å². The van der Waals surface area contributed by atoms with Crippen molar-refractivity contribution in [2.75, 3.05) is 12.4 Å². The number of methoxy groups -OCH3 is 1. The molecule has 0 fully saturated rings. The Morgan fingerprint density at radius 3 is 2.57 bits per heavy atom. The van der Waals surface area contributed by atoms with Crippen LogP contribution in [-0.2, 0) is 4.79 Å². The van der Waals surface area contributed by atoms with Crippen LogP contribution in [0, 0.1) is 18.3 Å². The SMILES string of the molecule is COc1ccc(C)cc1NC(=O)/C(C#N)=C/c1ccc(Br)cc1. The second kappa shape index (κ2) is 7.61. The second-order valence-electron chi connectivity index (χ2n) is 4.88. The molecule has 5 heteroatoms. The number of halogens is 1. The molecule has 0 heterocycles. The molecule has 2 aromatic rings. The number of hydrogen-bond donors (Lipinski definition) is 1. The summed E-state index contributed by atoms with van der Waals surface area (Å²) < 4.78 is 6.16. The van der Waals surface area contributed by atoms with E-state index in [2.05, 4.69) is 21.2 Å². The number of ether oxygens (including phenoxy) is 1. The van der Waals surface area contributed by atoms with Crippen molar-refractivity contribution in [3.63, 3.8) is 0 Å². The van der Waals surface area contributed by atoms with Crippen LogP contribution < -0.4 is 10.1 Å². The van der Waals surface area contributed by atoms with Gasteiger partial charge in [-0.1, -0.05) is 34.1 Å². The monoisotopic (exact) mass is 370 g/mol. The third-order valence-corrected chi connectivity index (χ3v) is 3.68. The standard InChI is InChI=1S/C18H15BrN2O2/c1-12-3-8-17(23-2)16(9-12)21-18(22)14(11-20)10-13-4-6-15(19)7-5-13/h3-10H,1-2H3,(H,21,22)/b14-10+. The summed E-state index contributed by atoms with van der Waals surface area (Å²) in [6, 6.07) is 14.7. The maximum Gasteiger partial charge on any atom is 0.266 e. The Balaban J connectivity index is 2.26. The van der Waals surface area contributed by atoms with E-state index in [4.69, 9.17) is 4.74 Å². The molecule has 0 bridgehead atoms. The van der Waals surface area contributed by atoms with Crippen molar-refractivity contribution >= 4 is 33.6 Å². The lowest BCUT2D eigenvalue weighted by Gasteiger charge is -2.10. The van der Waals surface area contributed by atoms with Gasteiger partial charge in [-0.05, 0) is 48.4 Å². The van der Waals surface area contributed by atoms with Crippen LogP contribution in [-0.4, -0.2) is 13.0 Å². The Hall–Kier alpha value is -2.58. The van der Waals surface area contributed by atoms with E-state index in [0.717, 1.165) is 15.6 Å². The summed E-state index contributed by atoms with van der Waals surface area (Å²) in [5, 5.41) is 12.0. The smallest absolute Gasteiger partial charge is 0.266 e. The first-order chi connectivity index (χ1) is 11.0. The van der Waals surface area contributed by atoms with Crippen LogP contribution in [0.5, 0.6) is 5.75 Å². The summed E-state index contributed by atoms with van der Waals surface area (Å²) in [5.41, 5.74) is 2.32. The molecule has 1 amide bonds. The van der Waals surface area contributed by atoms with Gasteiger partial charge < -0.3 is 10.1 Å². The number of nitrogens with one attached hydrogen (secondary N) is 1. The summed E-state index contributed by atoms with van der Waals surface area (Å²) in [7, 11) is 1.53. The highest BCUT2D eigenvalue weighted by Crippen LogP contribution is 2.25. The molecule has 0 atom stereocenters. The minimum absolute atomic E-state index is 0.0240. The number of aryl methyl sites for hydroxylation is 1. The minimum atomic E-state index is -0.473. The molecule has 23 heavy (non-hydrogen) atoms. The second-order valence-corrected chi connectivity index (χ2v) is 5.79. The zero-order valence-electron chi connectivity index (χ0n) is 12.8. The van der Waals surface area contributed by atoms with E-state index in [1.807, 2.05) is 43.3 Å². The summed E-state index contributed by atoms with van der Waals surface area (Å²) in [6.07, 6.45) is 1.55. The first kappa shape index (κ1) is 16.8. The quantitative estimate of drug-likeness (QED) is 0.644. The molecule has 1 N–H and O–H groups in total. The third-order valence-electron chi connectivity index (χ3n) is 3.15. The van der Waals surface area contributed by atoms with Gasteiger partial charge in [0.25, 0.3) is 5.91 Å². The first-order valence-corrected chi connectivity index (χ1v) is 7.66. The highest BCUT2D eigenvalue weighted by molar-refractivity contribution is 9.10. The summed E-state index contributed by atoms with van der Waals surface area (Å²) in [5.74, 6) is 0.0733. The van der Waals surface area contributed by atoms with Gasteiger partial charge in [0.2, 0.25) is 0 Å². The zero-order valence-corrected chi connectivity index (χ0v) is 14.3. The van der Waals surface area contributed by atoms with Gasteiger partial charge in [0.05, 0.1) is 12.8 Å². The number of hydrogen-bond acceptors (Lipinski definition) is 3. The summed E-state index contributed by atoms with van der Waals surface area (Å²) >= 11 is 3.35. The summed E-state index contributed by atoms with van der Waals surface area (Å²) in [6.45, 7) is 1.91.